The van der Waals surface area contributed by atoms with Crippen LogP contribution in [0.4, 0.5) is 9.93 Å². The average molecular weight is 566 g/mol. The summed E-state index contributed by atoms with van der Waals surface area (Å²) < 4.78 is 15.2. The van der Waals surface area contributed by atoms with Gasteiger partial charge in [0.25, 0.3) is 11.8 Å². The van der Waals surface area contributed by atoms with Gasteiger partial charge in [-0.05, 0) is 19.4 Å². The molecule has 2 fully saturated rings. The number of nitrogens with zero attached hydrogens (tertiary/aromatic N) is 3. The van der Waals surface area contributed by atoms with Gasteiger partial charge in [0.05, 0.1) is 0 Å². The molecular weight excluding hydrogens is 542 g/mol. The fourth-order valence-electron chi connectivity index (χ4n) is 3.75. The van der Waals surface area contributed by atoms with Gasteiger partial charge >= 0.3 is 18.1 Å². The Labute approximate surface area is 224 Å². The number of β-lactam (4-membered cyclic amide) rings is 1. The molecule has 0 saturated carbocycles. The fraction of sp³-hybridized carbons (Fsp3) is 0.409. The van der Waals surface area contributed by atoms with Crippen molar-refractivity contribution in [1.29, 1.82) is 0 Å². The highest BCUT2D eigenvalue weighted by molar-refractivity contribution is 8.00. The van der Waals surface area contributed by atoms with E-state index in [1.54, 1.807) is 26.0 Å². The molecule has 14 nitrogen and oxygen atoms in total. The van der Waals surface area contributed by atoms with Gasteiger partial charge in [0.2, 0.25) is 0 Å². The number of thioether (sulfide) groups is 1. The third-order valence-electron chi connectivity index (χ3n) is 5.52. The Hall–Kier alpha value is -3.92. The van der Waals surface area contributed by atoms with Crippen LogP contribution in [0.3, 0.4) is 0 Å². The van der Waals surface area contributed by atoms with E-state index in [-0.39, 0.29) is 28.8 Å². The number of thiazole rings is 1. The minimum atomic E-state index is -1.01. The number of fused-ring (bicyclic) bond motifs is 1. The highest BCUT2D eigenvalue weighted by Gasteiger charge is 2.54. The zero-order chi connectivity index (χ0) is 27.6. The average Bonchev–Trinajstić information content (AvgIpc) is 3.44. The zero-order valence-electron chi connectivity index (χ0n) is 20.4. The molecule has 0 bridgehead atoms. The number of nitrogens with two attached hydrogens (primary N) is 1. The first kappa shape index (κ1) is 27.1. The third-order valence-corrected chi connectivity index (χ3v) is 7.50. The normalized spacial score (nSPS) is 24.9. The van der Waals surface area contributed by atoms with Gasteiger partial charge in [-0.25, -0.2) is 19.4 Å². The van der Waals surface area contributed by atoms with E-state index >= 15 is 0 Å². The molecule has 202 valence electrons. The van der Waals surface area contributed by atoms with Crippen LogP contribution in [-0.4, -0.2) is 81.5 Å². The SMILES string of the molecule is C/C=C\C1=C(C(=O)OCC2OC(=O)OC2C)N2C(=O)[C@@H](NC(=O)/C(=N\OC(C)=O)c3csc(N)n3)[C@@H]2SC1. The van der Waals surface area contributed by atoms with Crippen molar-refractivity contribution in [2.75, 3.05) is 18.1 Å². The molecule has 0 spiro atoms. The van der Waals surface area contributed by atoms with Crippen molar-refractivity contribution in [2.45, 2.75) is 44.4 Å². The number of ether oxygens (including phenoxy) is 3. The largest absolute Gasteiger partial charge is 0.509 e. The lowest BCUT2D eigenvalue weighted by Gasteiger charge is -2.49. The van der Waals surface area contributed by atoms with E-state index < -0.39 is 53.5 Å². The van der Waals surface area contributed by atoms with E-state index in [1.165, 1.54) is 22.0 Å². The second-order valence-electron chi connectivity index (χ2n) is 8.16. The van der Waals surface area contributed by atoms with Gasteiger partial charge in [0.15, 0.2) is 16.9 Å². The van der Waals surface area contributed by atoms with E-state index in [4.69, 9.17) is 19.9 Å². The van der Waals surface area contributed by atoms with Crippen LogP contribution < -0.4 is 11.1 Å². The summed E-state index contributed by atoms with van der Waals surface area (Å²) in [5, 5.41) is 7.14. The Morgan fingerprint density at radius 1 is 1.34 bits per heavy atom. The first-order valence-electron chi connectivity index (χ1n) is 11.2. The van der Waals surface area contributed by atoms with Gasteiger partial charge in [-0.2, -0.15) is 0 Å². The number of oxime groups is 1. The second-order valence-corrected chi connectivity index (χ2v) is 10.2. The van der Waals surface area contributed by atoms with Crippen LogP contribution in [-0.2, 0) is 38.2 Å². The number of carbonyl (C=O) groups is 5. The lowest BCUT2D eigenvalue weighted by molar-refractivity contribution is -0.153. The molecule has 0 radical (unpaired) electrons. The maximum absolute atomic E-state index is 13.2. The van der Waals surface area contributed by atoms with E-state index in [2.05, 4.69) is 20.3 Å². The van der Waals surface area contributed by atoms with Gasteiger partial charge in [-0.3, -0.25) is 14.5 Å². The van der Waals surface area contributed by atoms with E-state index in [0.717, 1.165) is 18.3 Å². The molecule has 4 rings (SSSR count). The van der Waals surface area contributed by atoms with Crippen molar-refractivity contribution < 1.29 is 43.0 Å². The number of nitrogen functional groups attached to an aromatic ring is 1. The standard InChI is InChI=1S/C22H23N5O9S2/c1-4-5-11-7-37-19-15(25-17(29)14(26-36-10(3)28)12-8-38-21(23)24-12)18(30)27(19)16(11)20(31)33-6-13-9(2)34-22(32)35-13/h4-5,8-9,13,15,19H,6-7H2,1-3H3,(H2,23,24)(H,25,29)/b5-4-,26-14-/t9?,13?,15-,19+/m1/s1. The smallest absolute Gasteiger partial charge is 0.457 e. The molecule has 3 aliphatic heterocycles. The Balaban J connectivity index is 1.50. The molecule has 4 atom stereocenters. The summed E-state index contributed by atoms with van der Waals surface area (Å²) in [6.07, 6.45) is 1.18. The molecule has 0 aliphatic carbocycles. The maximum Gasteiger partial charge on any atom is 0.509 e. The monoisotopic (exact) mass is 565 g/mol. The number of anilines is 1. The van der Waals surface area contributed by atoms with E-state index in [1.807, 2.05) is 0 Å². The van der Waals surface area contributed by atoms with Crippen LogP contribution in [0, 0.1) is 0 Å². The number of hydrogen-bond donors (Lipinski definition) is 2. The van der Waals surface area contributed by atoms with Crippen molar-refractivity contribution in [3.05, 3.63) is 34.5 Å². The molecule has 2 amide bonds. The number of nitrogens with one attached hydrogen (secondary N) is 1. The van der Waals surface area contributed by atoms with Crippen molar-refractivity contribution >= 4 is 63.9 Å². The number of hydrogen-bond acceptors (Lipinski definition) is 14. The van der Waals surface area contributed by atoms with E-state index in [9.17, 15) is 24.0 Å². The third kappa shape index (κ3) is 5.50. The number of rotatable bonds is 8. The van der Waals surface area contributed by atoms with Gasteiger partial charge < -0.3 is 30.1 Å². The van der Waals surface area contributed by atoms with E-state index in [0.29, 0.717) is 11.3 Å². The van der Waals surface area contributed by atoms with Gasteiger partial charge in [0, 0.05) is 18.1 Å². The first-order valence-corrected chi connectivity index (χ1v) is 13.2. The van der Waals surface area contributed by atoms with Crippen LogP contribution in [0.5, 0.6) is 0 Å². The number of aromatic nitrogens is 1. The summed E-state index contributed by atoms with van der Waals surface area (Å²) in [5.74, 6) is -2.57. The molecule has 1 aromatic heterocycles. The number of esters is 1. The van der Waals surface area contributed by atoms with Crippen LogP contribution in [0.15, 0.2) is 34.0 Å². The number of amides is 2. The quantitative estimate of drug-likeness (QED) is 0.148. The lowest BCUT2D eigenvalue weighted by Crippen LogP contribution is -2.71. The second kappa shape index (κ2) is 11.2. The minimum Gasteiger partial charge on any atom is -0.457 e. The topological polar surface area (TPSA) is 189 Å². The summed E-state index contributed by atoms with van der Waals surface area (Å²) in [4.78, 5) is 71.6. The summed E-state index contributed by atoms with van der Waals surface area (Å²) in [6.45, 7) is 4.22. The summed E-state index contributed by atoms with van der Waals surface area (Å²) in [5.41, 5.74) is 5.95. The molecule has 1 aromatic rings. The predicted molar refractivity (Wildman–Crippen MR) is 133 cm³/mol. The molecule has 16 heteroatoms. The zero-order valence-corrected chi connectivity index (χ0v) is 22.0. The minimum absolute atomic E-state index is 0.0290. The molecular formula is C22H23N5O9S2. The van der Waals surface area contributed by atoms with Crippen LogP contribution in [0.2, 0.25) is 0 Å². The van der Waals surface area contributed by atoms with Crippen LogP contribution in [0.1, 0.15) is 26.5 Å². The van der Waals surface area contributed by atoms with Gasteiger partial charge in [0.1, 0.15) is 35.5 Å². The van der Waals surface area contributed by atoms with Crippen molar-refractivity contribution in [2.24, 2.45) is 5.16 Å². The summed E-state index contributed by atoms with van der Waals surface area (Å²) in [6, 6.07) is -1.01. The Morgan fingerprint density at radius 2 is 2.11 bits per heavy atom. The molecule has 4 heterocycles. The van der Waals surface area contributed by atoms with Gasteiger partial charge in [-0.15, -0.1) is 23.1 Å². The van der Waals surface area contributed by atoms with Crippen LogP contribution >= 0.6 is 23.1 Å². The molecule has 2 saturated heterocycles. The summed E-state index contributed by atoms with van der Waals surface area (Å²) >= 11 is 2.39. The van der Waals surface area contributed by atoms with Crippen molar-refractivity contribution in [3.63, 3.8) is 0 Å². The summed E-state index contributed by atoms with van der Waals surface area (Å²) in [7, 11) is 0. The van der Waals surface area contributed by atoms with Crippen molar-refractivity contribution in [3.8, 4) is 0 Å². The van der Waals surface area contributed by atoms with Crippen LogP contribution in [0.25, 0.3) is 0 Å². The number of cyclic esters (lactones) is 2. The Morgan fingerprint density at radius 3 is 2.71 bits per heavy atom. The highest BCUT2D eigenvalue weighted by atomic mass is 32.2. The Bertz CT molecular complexity index is 1270. The Kier molecular flexibility index (Phi) is 8.01. The maximum atomic E-state index is 13.2. The predicted octanol–water partition coefficient (Wildman–Crippen LogP) is 0.690. The number of carbonyl (C=O) groups excluding carboxylic acids is 5. The molecule has 38 heavy (non-hydrogen) atoms. The molecule has 3 aliphatic rings. The fourth-order valence-corrected chi connectivity index (χ4v) is 5.62. The number of allylic oxidation sites excluding steroid dienone is 2. The molecule has 3 N–H and O–H groups in total. The molecule has 0 aromatic carbocycles. The highest BCUT2D eigenvalue weighted by Crippen LogP contribution is 2.41. The van der Waals surface area contributed by atoms with Gasteiger partial charge in [-0.1, -0.05) is 17.3 Å². The van der Waals surface area contributed by atoms with Crippen molar-refractivity contribution in [1.82, 2.24) is 15.2 Å². The lowest BCUT2D eigenvalue weighted by atomic mass is 10.0. The first-order chi connectivity index (χ1) is 18.1. The molecule has 2 unspecified atom stereocenters.